The van der Waals surface area contributed by atoms with Crippen molar-refractivity contribution in [3.8, 4) is 0 Å². The van der Waals surface area contributed by atoms with Crippen molar-refractivity contribution in [2.75, 3.05) is 0 Å². The van der Waals surface area contributed by atoms with Gasteiger partial charge in [-0.1, -0.05) is 26.7 Å². The summed E-state index contributed by atoms with van der Waals surface area (Å²) in [5.41, 5.74) is 7.68. The zero-order chi connectivity index (χ0) is 13.3. The van der Waals surface area contributed by atoms with Crippen LogP contribution in [-0.2, 0) is 5.54 Å². The molecule has 0 radical (unpaired) electrons. The van der Waals surface area contributed by atoms with Gasteiger partial charge in [0.1, 0.15) is 5.01 Å². The number of nitrogens with zero attached hydrogens (tertiary/aromatic N) is 1. The van der Waals surface area contributed by atoms with Gasteiger partial charge in [0.15, 0.2) is 0 Å². The van der Waals surface area contributed by atoms with Crippen molar-refractivity contribution in [2.45, 2.75) is 65.3 Å². The van der Waals surface area contributed by atoms with Crippen molar-refractivity contribution < 1.29 is 0 Å². The Morgan fingerprint density at radius 3 is 2.72 bits per heavy atom. The van der Waals surface area contributed by atoms with Crippen molar-refractivity contribution in [1.82, 2.24) is 4.98 Å². The van der Waals surface area contributed by atoms with Crippen LogP contribution in [0.2, 0.25) is 0 Å². The molecule has 1 aromatic heterocycles. The zero-order valence-corrected chi connectivity index (χ0v) is 12.9. The maximum atomic E-state index is 6.68. The summed E-state index contributed by atoms with van der Waals surface area (Å²) in [6, 6.07) is 0. The second-order valence-corrected chi connectivity index (χ2v) is 7.61. The normalized spacial score (nSPS) is 28.9. The molecule has 2 unspecified atom stereocenters. The minimum Gasteiger partial charge on any atom is -0.319 e. The highest BCUT2D eigenvalue weighted by Crippen LogP contribution is 2.41. The molecule has 102 valence electrons. The molecule has 2 atom stereocenters. The van der Waals surface area contributed by atoms with Crippen molar-refractivity contribution in [2.24, 2.45) is 17.6 Å². The molecule has 1 aliphatic carbocycles. The number of hydrogen-bond donors (Lipinski definition) is 1. The van der Waals surface area contributed by atoms with E-state index in [2.05, 4.69) is 27.7 Å². The number of rotatable bonds is 3. The van der Waals surface area contributed by atoms with Gasteiger partial charge in [0, 0.05) is 4.88 Å². The fourth-order valence-corrected chi connectivity index (χ4v) is 4.23. The molecule has 0 saturated heterocycles. The van der Waals surface area contributed by atoms with E-state index in [1.807, 2.05) is 0 Å². The third kappa shape index (κ3) is 2.94. The van der Waals surface area contributed by atoms with Gasteiger partial charge in [-0.05, 0) is 44.9 Å². The summed E-state index contributed by atoms with van der Waals surface area (Å²) in [4.78, 5) is 6.03. The van der Waals surface area contributed by atoms with Crippen LogP contribution in [0.5, 0.6) is 0 Å². The first-order valence-corrected chi connectivity index (χ1v) is 7.96. The number of aryl methyl sites for hydroxylation is 2. The van der Waals surface area contributed by atoms with E-state index in [1.54, 1.807) is 11.3 Å². The van der Waals surface area contributed by atoms with Gasteiger partial charge in [0.2, 0.25) is 0 Å². The van der Waals surface area contributed by atoms with Crippen LogP contribution in [-0.4, -0.2) is 4.98 Å². The highest BCUT2D eigenvalue weighted by atomic mass is 32.1. The summed E-state index contributed by atoms with van der Waals surface area (Å²) in [5.74, 6) is 1.56. The van der Waals surface area contributed by atoms with Gasteiger partial charge in [0.05, 0.1) is 11.2 Å². The predicted octanol–water partition coefficient (Wildman–Crippen LogP) is 4.15. The maximum absolute atomic E-state index is 6.68. The number of hydrogen-bond acceptors (Lipinski definition) is 3. The molecule has 1 saturated carbocycles. The van der Waals surface area contributed by atoms with Crippen LogP contribution in [0.25, 0.3) is 0 Å². The van der Waals surface area contributed by atoms with Gasteiger partial charge < -0.3 is 5.73 Å². The lowest BCUT2D eigenvalue weighted by atomic mass is 9.74. The second kappa shape index (κ2) is 5.30. The standard InChI is InChI=1S/C15H26N2S/c1-10(2)8-13-6-5-7-15(16,9-13)14-17-11(3)12(4)18-14/h10,13H,5-9,16H2,1-4H3. The largest absolute Gasteiger partial charge is 0.319 e. The third-order valence-electron chi connectivity index (χ3n) is 4.15. The van der Waals surface area contributed by atoms with E-state index in [4.69, 9.17) is 10.7 Å². The Hall–Kier alpha value is -0.410. The Bertz CT molecular complexity index is 391. The molecule has 2 N–H and O–H groups in total. The smallest absolute Gasteiger partial charge is 0.113 e. The summed E-state index contributed by atoms with van der Waals surface area (Å²) >= 11 is 1.80. The van der Waals surface area contributed by atoms with Crippen LogP contribution in [0.1, 0.15) is 61.5 Å². The Morgan fingerprint density at radius 1 is 1.44 bits per heavy atom. The quantitative estimate of drug-likeness (QED) is 0.892. The molecule has 0 aliphatic heterocycles. The second-order valence-electron chi connectivity index (χ2n) is 6.41. The van der Waals surface area contributed by atoms with Crippen LogP contribution < -0.4 is 5.73 Å². The minimum absolute atomic E-state index is 0.151. The van der Waals surface area contributed by atoms with E-state index < -0.39 is 0 Å². The van der Waals surface area contributed by atoms with E-state index in [-0.39, 0.29) is 5.54 Å². The molecule has 2 rings (SSSR count). The average Bonchev–Trinajstić information content (AvgIpc) is 2.59. The van der Waals surface area contributed by atoms with Crippen molar-refractivity contribution in [3.05, 3.63) is 15.6 Å². The van der Waals surface area contributed by atoms with Crippen molar-refractivity contribution in [3.63, 3.8) is 0 Å². The van der Waals surface area contributed by atoms with E-state index in [1.165, 1.54) is 29.1 Å². The highest BCUT2D eigenvalue weighted by Gasteiger charge is 2.37. The van der Waals surface area contributed by atoms with Crippen LogP contribution >= 0.6 is 11.3 Å². The zero-order valence-electron chi connectivity index (χ0n) is 12.1. The summed E-state index contributed by atoms with van der Waals surface area (Å²) in [6.07, 6.45) is 6.14. The van der Waals surface area contributed by atoms with E-state index >= 15 is 0 Å². The average molecular weight is 266 g/mol. The van der Waals surface area contributed by atoms with Gasteiger partial charge in [-0.2, -0.15) is 0 Å². The van der Waals surface area contributed by atoms with Crippen LogP contribution in [0, 0.1) is 25.7 Å². The van der Waals surface area contributed by atoms with Crippen LogP contribution in [0.3, 0.4) is 0 Å². The minimum atomic E-state index is -0.151. The molecular formula is C15H26N2S. The van der Waals surface area contributed by atoms with Gasteiger partial charge in [0.25, 0.3) is 0 Å². The lowest BCUT2D eigenvalue weighted by Crippen LogP contribution is -2.41. The molecule has 3 heteroatoms. The molecule has 0 aromatic carbocycles. The van der Waals surface area contributed by atoms with Crippen molar-refractivity contribution >= 4 is 11.3 Å². The topological polar surface area (TPSA) is 38.9 Å². The first-order chi connectivity index (χ1) is 8.40. The summed E-state index contributed by atoms with van der Waals surface area (Å²) < 4.78 is 0. The van der Waals surface area contributed by atoms with Crippen molar-refractivity contribution in [1.29, 1.82) is 0 Å². The Labute approximate surface area is 115 Å². The third-order valence-corrected chi connectivity index (χ3v) is 5.44. The van der Waals surface area contributed by atoms with Crippen LogP contribution in [0.4, 0.5) is 0 Å². The first kappa shape index (κ1) is 14.0. The van der Waals surface area contributed by atoms with Gasteiger partial charge in [-0.3, -0.25) is 0 Å². The van der Waals surface area contributed by atoms with Crippen LogP contribution in [0.15, 0.2) is 0 Å². The molecule has 0 spiro atoms. The number of aromatic nitrogens is 1. The predicted molar refractivity (Wildman–Crippen MR) is 78.9 cm³/mol. The summed E-state index contributed by atoms with van der Waals surface area (Å²) in [5, 5.41) is 1.17. The fourth-order valence-electron chi connectivity index (χ4n) is 3.17. The van der Waals surface area contributed by atoms with E-state index in [0.29, 0.717) is 0 Å². The number of nitrogens with two attached hydrogens (primary N) is 1. The van der Waals surface area contributed by atoms with Gasteiger partial charge in [-0.15, -0.1) is 11.3 Å². The summed E-state index contributed by atoms with van der Waals surface area (Å²) in [6.45, 7) is 8.86. The molecule has 1 heterocycles. The molecule has 0 bridgehead atoms. The molecule has 2 nitrogen and oxygen atoms in total. The Balaban J connectivity index is 2.14. The Kier molecular flexibility index (Phi) is 4.12. The van der Waals surface area contributed by atoms with Gasteiger partial charge >= 0.3 is 0 Å². The fraction of sp³-hybridized carbons (Fsp3) is 0.800. The van der Waals surface area contributed by atoms with E-state index in [0.717, 1.165) is 30.4 Å². The lowest BCUT2D eigenvalue weighted by molar-refractivity contribution is 0.202. The monoisotopic (exact) mass is 266 g/mol. The Morgan fingerprint density at radius 2 is 2.17 bits per heavy atom. The highest BCUT2D eigenvalue weighted by molar-refractivity contribution is 7.11. The lowest BCUT2D eigenvalue weighted by Gasteiger charge is -2.37. The molecule has 1 fully saturated rings. The van der Waals surface area contributed by atoms with Gasteiger partial charge in [-0.25, -0.2) is 4.98 Å². The maximum Gasteiger partial charge on any atom is 0.113 e. The molecule has 1 aromatic rings. The molecule has 1 aliphatic rings. The summed E-state index contributed by atoms with van der Waals surface area (Å²) in [7, 11) is 0. The molecular weight excluding hydrogens is 240 g/mol. The SMILES string of the molecule is Cc1nc(C2(N)CCCC(CC(C)C)C2)sc1C. The molecule has 0 amide bonds. The van der Waals surface area contributed by atoms with E-state index in [9.17, 15) is 0 Å². The first-order valence-electron chi connectivity index (χ1n) is 7.14. The molecule has 18 heavy (non-hydrogen) atoms. The number of thiazole rings is 1.